The van der Waals surface area contributed by atoms with Gasteiger partial charge in [-0.25, -0.2) is 0 Å². The molecule has 2 rings (SSSR count). The van der Waals surface area contributed by atoms with Gasteiger partial charge < -0.3 is 5.32 Å². The predicted octanol–water partition coefficient (Wildman–Crippen LogP) is 2.89. The molecule has 0 aliphatic rings. The number of nitrogens with one attached hydrogen (secondary N) is 1. The van der Waals surface area contributed by atoms with Gasteiger partial charge in [-0.1, -0.05) is 6.07 Å². The molecule has 4 nitrogen and oxygen atoms in total. The van der Waals surface area contributed by atoms with Gasteiger partial charge in [0.25, 0.3) is 5.91 Å². The van der Waals surface area contributed by atoms with E-state index in [0.29, 0.717) is 5.56 Å². The van der Waals surface area contributed by atoms with E-state index in [2.05, 4.69) is 33.0 Å². The Morgan fingerprint density at radius 3 is 2.67 bits per heavy atom. The Hall–Kier alpha value is -1.37. The Kier molecular flexibility index (Phi) is 3.70. The smallest absolute Gasteiger partial charge is 0.259 e. The number of aryl methyl sites for hydroxylation is 2. The summed E-state index contributed by atoms with van der Waals surface area (Å²) >= 11 is 2.25. The lowest BCUT2D eigenvalue weighted by atomic mass is 10.2. The quantitative estimate of drug-likeness (QED) is 0.843. The van der Waals surface area contributed by atoms with Crippen molar-refractivity contribution in [2.75, 3.05) is 5.32 Å². The van der Waals surface area contributed by atoms with E-state index in [1.807, 2.05) is 39.1 Å². The number of hydrogen-bond donors (Lipinski definition) is 1. The summed E-state index contributed by atoms with van der Waals surface area (Å²) in [5.41, 5.74) is 3.46. The van der Waals surface area contributed by atoms with Crippen LogP contribution < -0.4 is 5.32 Å². The van der Waals surface area contributed by atoms with E-state index in [-0.39, 0.29) is 5.91 Å². The molecule has 1 amide bonds. The van der Waals surface area contributed by atoms with Gasteiger partial charge in [0.15, 0.2) is 0 Å². The number of aromatic nitrogens is 2. The van der Waals surface area contributed by atoms with Gasteiger partial charge in [0.05, 0.1) is 11.8 Å². The number of halogens is 1. The molecule has 1 aromatic heterocycles. The first-order valence-corrected chi connectivity index (χ1v) is 6.63. The van der Waals surface area contributed by atoms with Crippen LogP contribution in [0.4, 0.5) is 5.69 Å². The molecule has 0 saturated heterocycles. The normalized spacial score (nSPS) is 10.4. The summed E-state index contributed by atoms with van der Waals surface area (Å²) in [5.74, 6) is -0.125. The highest BCUT2D eigenvalue weighted by Gasteiger charge is 2.13. The zero-order valence-electron chi connectivity index (χ0n) is 10.5. The Morgan fingerprint density at radius 2 is 2.11 bits per heavy atom. The predicted molar refractivity (Wildman–Crippen MR) is 79.8 cm³/mol. The Bertz CT molecular complexity index is 604. The largest absolute Gasteiger partial charge is 0.322 e. The van der Waals surface area contributed by atoms with Crippen LogP contribution in [0.5, 0.6) is 0 Å². The first-order chi connectivity index (χ1) is 8.49. The number of carbonyl (C=O) groups is 1. The van der Waals surface area contributed by atoms with Crippen molar-refractivity contribution in [1.29, 1.82) is 0 Å². The molecule has 0 spiro atoms. The maximum atomic E-state index is 12.1. The average Bonchev–Trinajstić information content (AvgIpc) is 2.65. The third-order valence-corrected chi connectivity index (χ3v) is 4.07. The molecule has 94 valence electrons. The highest BCUT2D eigenvalue weighted by Crippen LogP contribution is 2.18. The molecule has 0 fully saturated rings. The SMILES string of the molecule is Cc1ccc(NC(=O)c2cnn(C)c2C)cc1I. The number of amides is 1. The lowest BCUT2D eigenvalue weighted by Gasteiger charge is -2.06. The van der Waals surface area contributed by atoms with Crippen molar-refractivity contribution in [3.63, 3.8) is 0 Å². The van der Waals surface area contributed by atoms with Crippen molar-refractivity contribution < 1.29 is 4.79 Å². The molecule has 18 heavy (non-hydrogen) atoms. The number of hydrogen-bond acceptors (Lipinski definition) is 2. The Balaban J connectivity index is 2.21. The third-order valence-electron chi connectivity index (χ3n) is 2.91. The third kappa shape index (κ3) is 2.55. The fourth-order valence-electron chi connectivity index (χ4n) is 1.59. The fourth-order valence-corrected chi connectivity index (χ4v) is 2.11. The molecule has 0 saturated carbocycles. The van der Waals surface area contributed by atoms with Crippen LogP contribution >= 0.6 is 22.6 Å². The summed E-state index contributed by atoms with van der Waals surface area (Å²) < 4.78 is 2.82. The topological polar surface area (TPSA) is 46.9 Å². The standard InChI is InChI=1S/C13H14IN3O/c1-8-4-5-10(6-12(8)14)16-13(18)11-7-15-17(3)9(11)2/h4-7H,1-3H3,(H,16,18). The Morgan fingerprint density at radius 1 is 1.39 bits per heavy atom. The molecule has 0 bridgehead atoms. The molecule has 0 aliphatic carbocycles. The molecule has 1 heterocycles. The van der Waals surface area contributed by atoms with Gasteiger partial charge in [-0.3, -0.25) is 9.48 Å². The molecule has 2 aromatic rings. The molecule has 1 aromatic carbocycles. The van der Waals surface area contributed by atoms with E-state index in [1.165, 1.54) is 5.56 Å². The van der Waals surface area contributed by atoms with E-state index in [9.17, 15) is 4.79 Å². The van der Waals surface area contributed by atoms with Crippen LogP contribution in [0.25, 0.3) is 0 Å². The lowest BCUT2D eigenvalue weighted by Crippen LogP contribution is -2.13. The van der Waals surface area contributed by atoms with E-state index < -0.39 is 0 Å². The van der Waals surface area contributed by atoms with Gasteiger partial charge in [0.1, 0.15) is 0 Å². The summed E-state index contributed by atoms with van der Waals surface area (Å²) in [6, 6.07) is 5.86. The first kappa shape index (κ1) is 13.1. The second-order valence-corrected chi connectivity index (χ2v) is 5.35. The van der Waals surface area contributed by atoms with Crippen molar-refractivity contribution in [2.45, 2.75) is 13.8 Å². The number of benzene rings is 1. The molecule has 0 radical (unpaired) electrons. The number of rotatable bonds is 2. The van der Waals surface area contributed by atoms with Gasteiger partial charge in [-0.2, -0.15) is 5.10 Å². The van der Waals surface area contributed by atoms with E-state index in [0.717, 1.165) is 15.0 Å². The van der Waals surface area contributed by atoms with Gasteiger partial charge in [-0.15, -0.1) is 0 Å². The fraction of sp³-hybridized carbons (Fsp3) is 0.231. The lowest BCUT2D eigenvalue weighted by molar-refractivity contribution is 0.102. The summed E-state index contributed by atoms with van der Waals surface area (Å²) in [7, 11) is 1.82. The minimum Gasteiger partial charge on any atom is -0.322 e. The van der Waals surface area contributed by atoms with Crippen LogP contribution in [0.2, 0.25) is 0 Å². The second kappa shape index (κ2) is 5.09. The summed E-state index contributed by atoms with van der Waals surface area (Å²) in [6.45, 7) is 3.92. The second-order valence-electron chi connectivity index (χ2n) is 4.19. The van der Waals surface area contributed by atoms with Crippen LogP contribution in [0.15, 0.2) is 24.4 Å². The average molecular weight is 355 g/mol. The zero-order valence-corrected chi connectivity index (χ0v) is 12.6. The highest BCUT2D eigenvalue weighted by molar-refractivity contribution is 14.1. The van der Waals surface area contributed by atoms with Crippen LogP contribution in [0.1, 0.15) is 21.6 Å². The van der Waals surface area contributed by atoms with Gasteiger partial charge >= 0.3 is 0 Å². The first-order valence-electron chi connectivity index (χ1n) is 5.55. The van der Waals surface area contributed by atoms with Gasteiger partial charge in [0.2, 0.25) is 0 Å². The van der Waals surface area contributed by atoms with E-state index in [4.69, 9.17) is 0 Å². The molecular formula is C13H14IN3O. The van der Waals surface area contributed by atoms with Crippen LogP contribution in [-0.2, 0) is 7.05 Å². The van der Waals surface area contributed by atoms with E-state index >= 15 is 0 Å². The maximum Gasteiger partial charge on any atom is 0.259 e. The van der Waals surface area contributed by atoms with Crippen molar-refractivity contribution >= 4 is 34.2 Å². The van der Waals surface area contributed by atoms with Crippen molar-refractivity contribution in [3.05, 3.63) is 44.8 Å². The minimum absolute atomic E-state index is 0.125. The number of carbonyl (C=O) groups excluding carboxylic acids is 1. The molecule has 0 unspecified atom stereocenters. The Labute approximate surface area is 120 Å². The molecule has 0 aliphatic heterocycles. The summed E-state index contributed by atoms with van der Waals surface area (Å²) in [6.07, 6.45) is 1.59. The highest BCUT2D eigenvalue weighted by atomic mass is 127. The van der Waals surface area contributed by atoms with Crippen molar-refractivity contribution in [2.24, 2.45) is 7.05 Å². The molecule has 5 heteroatoms. The van der Waals surface area contributed by atoms with Crippen LogP contribution in [0, 0.1) is 17.4 Å². The molecular weight excluding hydrogens is 341 g/mol. The summed E-state index contributed by atoms with van der Waals surface area (Å²) in [5, 5.41) is 6.95. The maximum absolute atomic E-state index is 12.1. The number of anilines is 1. The monoisotopic (exact) mass is 355 g/mol. The summed E-state index contributed by atoms with van der Waals surface area (Å²) in [4.78, 5) is 12.1. The van der Waals surface area contributed by atoms with Gasteiger partial charge in [-0.05, 0) is 54.1 Å². The van der Waals surface area contributed by atoms with Crippen molar-refractivity contribution in [1.82, 2.24) is 9.78 Å². The van der Waals surface area contributed by atoms with Crippen LogP contribution in [-0.4, -0.2) is 15.7 Å². The van der Waals surface area contributed by atoms with Gasteiger partial charge in [0, 0.05) is 22.0 Å². The van der Waals surface area contributed by atoms with Crippen molar-refractivity contribution in [3.8, 4) is 0 Å². The minimum atomic E-state index is -0.125. The molecule has 0 atom stereocenters. The molecule has 1 N–H and O–H groups in total. The zero-order chi connectivity index (χ0) is 13.3. The van der Waals surface area contributed by atoms with E-state index in [1.54, 1.807) is 10.9 Å². The van der Waals surface area contributed by atoms with Crippen LogP contribution in [0.3, 0.4) is 0 Å². The number of nitrogens with zero attached hydrogens (tertiary/aromatic N) is 2.